The maximum absolute atomic E-state index is 12.7. The second kappa shape index (κ2) is 6.38. The maximum Gasteiger partial charge on any atom is 0.259 e. The molecule has 23 heavy (non-hydrogen) atoms. The molecule has 5 heteroatoms. The first-order valence-corrected chi connectivity index (χ1v) is 7.90. The lowest BCUT2D eigenvalue weighted by Gasteiger charge is -2.18. The van der Waals surface area contributed by atoms with Gasteiger partial charge in [-0.1, -0.05) is 15.9 Å². The first kappa shape index (κ1) is 15.5. The van der Waals surface area contributed by atoms with E-state index < -0.39 is 0 Å². The number of benzene rings is 1. The predicted molar refractivity (Wildman–Crippen MR) is 93.6 cm³/mol. The van der Waals surface area contributed by atoms with E-state index in [0.717, 1.165) is 15.9 Å². The van der Waals surface area contributed by atoms with Gasteiger partial charge in [-0.05, 0) is 55.5 Å². The first-order chi connectivity index (χ1) is 11.1. The van der Waals surface area contributed by atoms with Crippen LogP contribution in [0.25, 0.3) is 11.5 Å². The maximum atomic E-state index is 12.7. The average molecular weight is 371 g/mol. The van der Waals surface area contributed by atoms with E-state index >= 15 is 0 Å². The van der Waals surface area contributed by atoms with E-state index in [9.17, 15) is 4.79 Å². The van der Waals surface area contributed by atoms with Crippen molar-refractivity contribution >= 4 is 27.5 Å². The Balaban J connectivity index is 1.89. The van der Waals surface area contributed by atoms with Gasteiger partial charge in [-0.2, -0.15) is 0 Å². The summed E-state index contributed by atoms with van der Waals surface area (Å²) < 4.78 is 6.32. The van der Waals surface area contributed by atoms with E-state index in [-0.39, 0.29) is 5.91 Å². The highest BCUT2D eigenvalue weighted by molar-refractivity contribution is 9.10. The van der Waals surface area contributed by atoms with Crippen LogP contribution in [0.1, 0.15) is 16.1 Å². The summed E-state index contributed by atoms with van der Waals surface area (Å²) in [5.74, 6) is 0.594. The Morgan fingerprint density at radius 1 is 1.13 bits per heavy atom. The molecule has 3 aromatic rings. The van der Waals surface area contributed by atoms with Crippen LogP contribution in [0.5, 0.6) is 0 Å². The quantitative estimate of drug-likeness (QED) is 0.671. The highest BCUT2D eigenvalue weighted by Gasteiger charge is 2.17. The molecule has 4 nitrogen and oxygen atoms in total. The van der Waals surface area contributed by atoms with E-state index in [4.69, 9.17) is 4.42 Å². The minimum absolute atomic E-state index is 0.0942. The Morgan fingerprint density at radius 2 is 1.87 bits per heavy atom. The van der Waals surface area contributed by atoms with Gasteiger partial charge in [0.1, 0.15) is 5.69 Å². The van der Waals surface area contributed by atoms with Crippen LogP contribution >= 0.6 is 15.9 Å². The third-order valence-electron chi connectivity index (χ3n) is 3.61. The standard InChI is InChI=1S/C18H15BrN2O2/c1-12-15(9-10-16(20-12)17-4-3-11-23-17)18(22)21(2)14-7-5-13(19)6-8-14/h3-11H,1-2H3. The van der Waals surface area contributed by atoms with Gasteiger partial charge in [0.15, 0.2) is 5.76 Å². The number of hydrogen-bond donors (Lipinski definition) is 0. The SMILES string of the molecule is Cc1nc(-c2ccco2)ccc1C(=O)N(C)c1ccc(Br)cc1. The van der Waals surface area contributed by atoms with E-state index in [2.05, 4.69) is 20.9 Å². The highest BCUT2D eigenvalue weighted by atomic mass is 79.9. The number of furan rings is 1. The van der Waals surface area contributed by atoms with Gasteiger partial charge in [-0.3, -0.25) is 4.79 Å². The van der Waals surface area contributed by atoms with Crippen molar-refractivity contribution in [3.63, 3.8) is 0 Å². The summed E-state index contributed by atoms with van der Waals surface area (Å²) in [6.45, 7) is 1.83. The highest BCUT2D eigenvalue weighted by Crippen LogP contribution is 2.22. The molecule has 0 N–H and O–H groups in total. The number of halogens is 1. The molecule has 0 saturated carbocycles. The van der Waals surface area contributed by atoms with Crippen LogP contribution in [0.3, 0.4) is 0 Å². The van der Waals surface area contributed by atoms with Gasteiger partial charge in [0, 0.05) is 17.2 Å². The van der Waals surface area contributed by atoms with E-state index in [0.29, 0.717) is 17.0 Å². The Labute approximate surface area is 142 Å². The molecule has 3 rings (SSSR count). The number of amides is 1. The summed E-state index contributed by atoms with van der Waals surface area (Å²) in [6, 6.07) is 14.8. The molecule has 0 atom stereocenters. The molecule has 1 aromatic carbocycles. The molecule has 0 aliphatic rings. The molecule has 0 bridgehead atoms. The zero-order valence-electron chi connectivity index (χ0n) is 12.8. The summed E-state index contributed by atoms with van der Waals surface area (Å²) in [4.78, 5) is 18.8. The number of aryl methyl sites for hydroxylation is 1. The largest absolute Gasteiger partial charge is 0.463 e. The fourth-order valence-corrected chi connectivity index (χ4v) is 2.58. The summed E-state index contributed by atoms with van der Waals surface area (Å²) >= 11 is 3.39. The smallest absolute Gasteiger partial charge is 0.259 e. The van der Waals surface area contributed by atoms with Gasteiger partial charge in [-0.25, -0.2) is 4.98 Å². The Morgan fingerprint density at radius 3 is 2.48 bits per heavy atom. The van der Waals surface area contributed by atoms with E-state index in [1.165, 1.54) is 0 Å². The van der Waals surface area contributed by atoms with Crippen molar-refractivity contribution in [1.82, 2.24) is 4.98 Å². The Hall–Kier alpha value is -2.40. The molecule has 0 radical (unpaired) electrons. The van der Waals surface area contributed by atoms with Gasteiger partial charge in [-0.15, -0.1) is 0 Å². The molecular weight excluding hydrogens is 356 g/mol. The molecule has 2 aromatic heterocycles. The second-order valence-corrected chi connectivity index (χ2v) is 6.06. The number of rotatable bonds is 3. The number of aromatic nitrogens is 1. The normalized spacial score (nSPS) is 10.6. The molecular formula is C18H15BrN2O2. The van der Waals surface area contributed by atoms with Crippen LogP contribution in [0.15, 0.2) is 63.7 Å². The molecule has 116 valence electrons. The van der Waals surface area contributed by atoms with Crippen LogP contribution in [0.4, 0.5) is 5.69 Å². The molecule has 0 unspecified atom stereocenters. The summed E-state index contributed by atoms with van der Waals surface area (Å²) in [5, 5.41) is 0. The fraction of sp³-hybridized carbons (Fsp3) is 0.111. The van der Waals surface area contributed by atoms with Gasteiger partial charge in [0.05, 0.1) is 17.5 Å². The number of pyridine rings is 1. The van der Waals surface area contributed by atoms with E-state index in [1.807, 2.05) is 43.3 Å². The third-order valence-corrected chi connectivity index (χ3v) is 4.14. The number of nitrogens with zero attached hydrogens (tertiary/aromatic N) is 2. The Kier molecular flexibility index (Phi) is 4.30. The van der Waals surface area contributed by atoms with Crippen LogP contribution in [-0.4, -0.2) is 17.9 Å². The minimum atomic E-state index is -0.0942. The van der Waals surface area contributed by atoms with Crippen LogP contribution in [0, 0.1) is 6.92 Å². The van der Waals surface area contributed by atoms with Gasteiger partial charge >= 0.3 is 0 Å². The van der Waals surface area contributed by atoms with Crippen molar-refractivity contribution in [2.24, 2.45) is 0 Å². The lowest BCUT2D eigenvalue weighted by molar-refractivity contribution is 0.0992. The zero-order chi connectivity index (χ0) is 16.4. The van der Waals surface area contributed by atoms with Crippen molar-refractivity contribution in [2.75, 3.05) is 11.9 Å². The molecule has 1 amide bonds. The lowest BCUT2D eigenvalue weighted by atomic mass is 10.1. The first-order valence-electron chi connectivity index (χ1n) is 7.11. The number of carbonyl (C=O) groups is 1. The monoisotopic (exact) mass is 370 g/mol. The molecule has 0 spiro atoms. The molecule has 0 aliphatic carbocycles. The average Bonchev–Trinajstić information content (AvgIpc) is 3.08. The molecule has 0 saturated heterocycles. The van der Waals surface area contributed by atoms with Gasteiger partial charge in [0.2, 0.25) is 0 Å². The molecule has 0 fully saturated rings. The zero-order valence-corrected chi connectivity index (χ0v) is 14.4. The van der Waals surface area contributed by atoms with Gasteiger partial charge in [0.25, 0.3) is 5.91 Å². The lowest BCUT2D eigenvalue weighted by Crippen LogP contribution is -2.27. The van der Waals surface area contributed by atoms with Crippen LogP contribution in [0.2, 0.25) is 0 Å². The van der Waals surface area contributed by atoms with E-state index in [1.54, 1.807) is 30.3 Å². The van der Waals surface area contributed by atoms with Crippen molar-refractivity contribution in [3.8, 4) is 11.5 Å². The van der Waals surface area contributed by atoms with Crippen molar-refractivity contribution in [3.05, 3.63) is 70.5 Å². The fourth-order valence-electron chi connectivity index (χ4n) is 2.31. The second-order valence-electron chi connectivity index (χ2n) is 5.15. The summed E-state index contributed by atoms with van der Waals surface area (Å²) in [6.07, 6.45) is 1.60. The van der Waals surface area contributed by atoms with Gasteiger partial charge < -0.3 is 9.32 Å². The predicted octanol–water partition coefficient (Wildman–Crippen LogP) is 4.69. The number of carbonyl (C=O) groups excluding carboxylic acids is 1. The van der Waals surface area contributed by atoms with Crippen molar-refractivity contribution < 1.29 is 9.21 Å². The summed E-state index contributed by atoms with van der Waals surface area (Å²) in [7, 11) is 1.76. The number of anilines is 1. The van der Waals surface area contributed by atoms with Crippen LogP contribution in [-0.2, 0) is 0 Å². The van der Waals surface area contributed by atoms with Crippen molar-refractivity contribution in [1.29, 1.82) is 0 Å². The number of hydrogen-bond acceptors (Lipinski definition) is 3. The minimum Gasteiger partial charge on any atom is -0.463 e. The molecule has 2 heterocycles. The third kappa shape index (κ3) is 3.19. The molecule has 0 aliphatic heterocycles. The van der Waals surface area contributed by atoms with Crippen molar-refractivity contribution in [2.45, 2.75) is 6.92 Å². The Bertz CT molecular complexity index is 827. The topological polar surface area (TPSA) is 46.3 Å². The van der Waals surface area contributed by atoms with Crippen LogP contribution < -0.4 is 4.90 Å². The summed E-state index contributed by atoms with van der Waals surface area (Å²) in [5.41, 5.74) is 2.79.